The third-order valence-electron chi connectivity index (χ3n) is 5.43. The minimum absolute atomic E-state index is 0.133. The van der Waals surface area contributed by atoms with Crippen molar-refractivity contribution in [3.63, 3.8) is 0 Å². The van der Waals surface area contributed by atoms with Crippen LogP contribution < -0.4 is 5.32 Å². The van der Waals surface area contributed by atoms with Gasteiger partial charge in [-0.3, -0.25) is 9.69 Å². The molecule has 2 heterocycles. The zero-order valence-electron chi connectivity index (χ0n) is 16.7. The third kappa shape index (κ3) is 4.75. The molecular formula is C21H31N5O. The fraction of sp³-hybridized carbons (Fsp3) is 0.571. The zero-order valence-corrected chi connectivity index (χ0v) is 16.7. The highest BCUT2D eigenvalue weighted by Crippen LogP contribution is 2.18. The van der Waals surface area contributed by atoms with Crippen molar-refractivity contribution in [1.29, 1.82) is 0 Å². The Hall–Kier alpha value is -2.21. The second-order valence-corrected chi connectivity index (χ2v) is 7.52. The Kier molecular flexibility index (Phi) is 6.61. The summed E-state index contributed by atoms with van der Waals surface area (Å²) in [6, 6.07) is 8.48. The number of hydrogen-bond acceptors (Lipinski definition) is 4. The van der Waals surface area contributed by atoms with Gasteiger partial charge in [0.2, 0.25) is 0 Å². The summed E-state index contributed by atoms with van der Waals surface area (Å²) in [5.41, 5.74) is 3.28. The predicted molar refractivity (Wildman–Crippen MR) is 107 cm³/mol. The number of carbonyl (C=O) groups excluding carboxylic acids is 1. The molecule has 1 atom stereocenters. The highest BCUT2D eigenvalue weighted by Gasteiger charge is 2.24. The molecule has 3 rings (SSSR count). The van der Waals surface area contributed by atoms with E-state index < -0.39 is 0 Å². The molecule has 1 fully saturated rings. The molecule has 6 nitrogen and oxygen atoms in total. The molecule has 1 unspecified atom stereocenters. The summed E-state index contributed by atoms with van der Waals surface area (Å²) >= 11 is 0. The Labute approximate surface area is 161 Å². The average molecular weight is 370 g/mol. The lowest BCUT2D eigenvalue weighted by molar-refractivity contribution is 0.0907. The van der Waals surface area contributed by atoms with E-state index in [1.807, 2.05) is 38.1 Å². The molecule has 1 aliphatic rings. The maximum Gasteiger partial charge on any atom is 0.273 e. The maximum atomic E-state index is 12.7. The quantitative estimate of drug-likeness (QED) is 0.814. The van der Waals surface area contributed by atoms with Gasteiger partial charge in [-0.05, 0) is 58.3 Å². The first-order valence-electron chi connectivity index (χ1n) is 10.1. The molecule has 0 radical (unpaired) electrons. The number of carbonyl (C=O) groups is 1. The normalized spacial score (nSPS) is 17.8. The van der Waals surface area contributed by atoms with E-state index in [-0.39, 0.29) is 5.91 Å². The second-order valence-electron chi connectivity index (χ2n) is 7.52. The van der Waals surface area contributed by atoms with Crippen molar-refractivity contribution in [3.05, 3.63) is 41.2 Å². The first-order valence-corrected chi connectivity index (χ1v) is 10.1. The van der Waals surface area contributed by atoms with E-state index in [9.17, 15) is 4.79 Å². The molecule has 1 aromatic carbocycles. The molecule has 27 heavy (non-hydrogen) atoms. The lowest BCUT2D eigenvalue weighted by atomic mass is 10.0. The van der Waals surface area contributed by atoms with Gasteiger partial charge >= 0.3 is 0 Å². The molecule has 146 valence electrons. The number of nitrogens with one attached hydrogen (secondary N) is 1. The van der Waals surface area contributed by atoms with E-state index >= 15 is 0 Å². The van der Waals surface area contributed by atoms with Crippen LogP contribution in [-0.4, -0.2) is 51.5 Å². The number of hydrogen-bond donors (Lipinski definition) is 1. The number of nitrogens with zero attached hydrogens (tertiary/aromatic N) is 4. The van der Waals surface area contributed by atoms with E-state index in [0.717, 1.165) is 30.9 Å². The molecule has 1 amide bonds. The van der Waals surface area contributed by atoms with Crippen LogP contribution in [0.25, 0.3) is 5.69 Å². The molecule has 0 aliphatic carbocycles. The van der Waals surface area contributed by atoms with E-state index in [1.165, 1.54) is 31.2 Å². The number of benzene rings is 1. The van der Waals surface area contributed by atoms with Gasteiger partial charge in [0.05, 0.1) is 11.4 Å². The van der Waals surface area contributed by atoms with E-state index in [4.69, 9.17) is 0 Å². The van der Waals surface area contributed by atoms with Gasteiger partial charge in [0, 0.05) is 12.6 Å². The molecule has 2 aromatic rings. The molecule has 0 spiro atoms. The van der Waals surface area contributed by atoms with Gasteiger partial charge in [0.25, 0.3) is 5.91 Å². The van der Waals surface area contributed by atoms with Crippen molar-refractivity contribution < 1.29 is 4.79 Å². The lowest BCUT2D eigenvalue weighted by Gasteiger charge is -2.35. The molecule has 0 bridgehead atoms. The Balaban J connectivity index is 1.63. The van der Waals surface area contributed by atoms with Gasteiger partial charge in [0.1, 0.15) is 0 Å². The molecule has 1 N–H and O–H groups in total. The van der Waals surface area contributed by atoms with Crippen LogP contribution in [-0.2, 0) is 0 Å². The smallest absolute Gasteiger partial charge is 0.273 e. The highest BCUT2D eigenvalue weighted by atomic mass is 16.2. The minimum Gasteiger partial charge on any atom is -0.349 e. The summed E-state index contributed by atoms with van der Waals surface area (Å²) < 4.78 is 1.72. The predicted octanol–water partition coefficient (Wildman–Crippen LogP) is 3.27. The summed E-state index contributed by atoms with van der Waals surface area (Å²) in [6.07, 6.45) is 6.08. The standard InChI is InChI=1S/C21H31N5O/c1-4-5-13-25-14-7-6-8-19(25)15-22-21(27)20-17(3)26(24-23-20)18-11-9-16(2)10-12-18/h9-12,19H,4-8,13-15H2,1-3H3,(H,22,27). The summed E-state index contributed by atoms with van der Waals surface area (Å²) in [7, 11) is 0. The Morgan fingerprint density at radius 1 is 1.22 bits per heavy atom. The van der Waals surface area contributed by atoms with Crippen LogP contribution in [0, 0.1) is 13.8 Å². The Morgan fingerprint density at radius 3 is 2.74 bits per heavy atom. The van der Waals surface area contributed by atoms with Gasteiger partial charge in [-0.1, -0.05) is 42.7 Å². The second kappa shape index (κ2) is 9.13. The van der Waals surface area contributed by atoms with Gasteiger partial charge < -0.3 is 5.32 Å². The van der Waals surface area contributed by atoms with Gasteiger partial charge in [-0.25, -0.2) is 4.68 Å². The molecule has 6 heteroatoms. The molecule has 1 aromatic heterocycles. The van der Waals surface area contributed by atoms with Crippen LogP contribution in [0.4, 0.5) is 0 Å². The zero-order chi connectivity index (χ0) is 19.2. The first kappa shape index (κ1) is 19.5. The van der Waals surface area contributed by atoms with Crippen molar-refractivity contribution in [2.24, 2.45) is 0 Å². The lowest BCUT2D eigenvalue weighted by Crippen LogP contribution is -2.47. The van der Waals surface area contributed by atoms with Crippen molar-refractivity contribution in [3.8, 4) is 5.69 Å². The van der Waals surface area contributed by atoms with Gasteiger partial charge in [0.15, 0.2) is 5.69 Å². The van der Waals surface area contributed by atoms with Crippen molar-refractivity contribution in [1.82, 2.24) is 25.2 Å². The number of amides is 1. The van der Waals surface area contributed by atoms with Crippen LogP contribution >= 0.6 is 0 Å². The number of likely N-dealkylation sites (tertiary alicyclic amines) is 1. The largest absolute Gasteiger partial charge is 0.349 e. The van der Waals surface area contributed by atoms with E-state index in [0.29, 0.717) is 18.3 Å². The fourth-order valence-electron chi connectivity index (χ4n) is 3.71. The van der Waals surface area contributed by atoms with Crippen molar-refractivity contribution in [2.45, 2.75) is 58.9 Å². The molecule has 1 saturated heterocycles. The van der Waals surface area contributed by atoms with Crippen LogP contribution in [0.1, 0.15) is 60.8 Å². The van der Waals surface area contributed by atoms with Crippen molar-refractivity contribution >= 4 is 5.91 Å². The molecule has 0 saturated carbocycles. The van der Waals surface area contributed by atoms with Crippen LogP contribution in [0.15, 0.2) is 24.3 Å². The number of rotatable bonds is 7. The summed E-state index contributed by atoms with van der Waals surface area (Å²) in [5.74, 6) is -0.133. The van der Waals surface area contributed by atoms with Crippen molar-refractivity contribution in [2.75, 3.05) is 19.6 Å². The highest BCUT2D eigenvalue weighted by molar-refractivity contribution is 5.93. The number of unbranched alkanes of at least 4 members (excludes halogenated alkanes) is 1. The summed E-state index contributed by atoms with van der Waals surface area (Å²) in [5, 5.41) is 11.4. The van der Waals surface area contributed by atoms with Crippen LogP contribution in [0.5, 0.6) is 0 Å². The number of piperidine rings is 1. The third-order valence-corrected chi connectivity index (χ3v) is 5.43. The Morgan fingerprint density at radius 2 is 2.00 bits per heavy atom. The number of aromatic nitrogens is 3. The first-order chi connectivity index (χ1) is 13.1. The topological polar surface area (TPSA) is 63.1 Å². The fourth-order valence-corrected chi connectivity index (χ4v) is 3.71. The van der Waals surface area contributed by atoms with Gasteiger partial charge in [-0.15, -0.1) is 5.10 Å². The monoisotopic (exact) mass is 369 g/mol. The number of aryl methyl sites for hydroxylation is 1. The van der Waals surface area contributed by atoms with Crippen LogP contribution in [0.2, 0.25) is 0 Å². The van der Waals surface area contributed by atoms with E-state index in [2.05, 4.69) is 27.5 Å². The molecule has 1 aliphatic heterocycles. The SMILES string of the molecule is CCCCN1CCCCC1CNC(=O)c1nnn(-c2ccc(C)cc2)c1C. The maximum absolute atomic E-state index is 12.7. The van der Waals surface area contributed by atoms with Gasteiger partial charge in [-0.2, -0.15) is 0 Å². The average Bonchev–Trinajstić information content (AvgIpc) is 3.07. The van der Waals surface area contributed by atoms with E-state index in [1.54, 1.807) is 4.68 Å². The summed E-state index contributed by atoms with van der Waals surface area (Å²) in [6.45, 7) is 9.11. The van der Waals surface area contributed by atoms with Crippen LogP contribution in [0.3, 0.4) is 0 Å². The Bertz CT molecular complexity index is 752. The molecular weight excluding hydrogens is 338 g/mol. The minimum atomic E-state index is -0.133. The summed E-state index contributed by atoms with van der Waals surface area (Å²) in [4.78, 5) is 15.2.